The molecule has 6 heteroatoms. The first-order valence-corrected chi connectivity index (χ1v) is 3.98. The molecule has 0 aromatic heterocycles. The molecule has 0 aliphatic heterocycles. The van der Waals surface area contributed by atoms with Crippen LogP contribution in [-0.2, 0) is 0 Å². The van der Waals surface area contributed by atoms with Crippen molar-refractivity contribution in [3.05, 3.63) is 24.3 Å². The van der Waals surface area contributed by atoms with Gasteiger partial charge in [-0.05, 0) is 12.1 Å². The minimum absolute atomic E-state index is 0.0851. The molecule has 0 aliphatic carbocycles. The molecule has 1 N–H and O–H groups in total. The number of rotatable bonds is 3. The van der Waals surface area contributed by atoms with Crippen LogP contribution in [0.25, 0.3) is 0 Å². The number of hydrogen-bond acceptors (Lipinski definition) is 3. The molecule has 1 aromatic carbocycles. The Bertz CT molecular complexity index is 370. The normalized spacial score (nSPS) is 10.5. The molecule has 0 amide bonds. The van der Waals surface area contributed by atoms with Gasteiger partial charge in [-0.2, -0.15) is 5.26 Å². The topological polar surface area (TPSA) is 45.0 Å². The number of nitrogens with one attached hydrogen (secondary N) is 1. The Morgan fingerprint density at radius 2 is 2.00 bits per heavy atom. The van der Waals surface area contributed by atoms with Gasteiger partial charge in [-0.1, -0.05) is 12.1 Å². The minimum Gasteiger partial charge on any atom is -0.404 e. The summed E-state index contributed by atoms with van der Waals surface area (Å²) in [5.74, 6) is -0.347. The molecular weight excluding hydrogens is 209 g/mol. The smallest absolute Gasteiger partial charge is 0.404 e. The Kier molecular flexibility index (Phi) is 3.39. The second-order valence-corrected chi connectivity index (χ2v) is 2.56. The molecule has 0 radical (unpaired) electrons. The fourth-order valence-electron chi connectivity index (χ4n) is 0.961. The lowest BCUT2D eigenvalue weighted by molar-refractivity contribution is -0.274. The first kappa shape index (κ1) is 11.2. The van der Waals surface area contributed by atoms with Crippen LogP contribution in [0, 0.1) is 11.3 Å². The molecule has 0 atom stereocenters. The zero-order valence-electron chi connectivity index (χ0n) is 7.51. The molecular formula is C9H7F3N2O. The van der Waals surface area contributed by atoms with Crippen molar-refractivity contribution < 1.29 is 17.9 Å². The molecule has 0 heterocycles. The van der Waals surface area contributed by atoms with E-state index in [0.717, 1.165) is 0 Å². The molecule has 0 saturated heterocycles. The van der Waals surface area contributed by atoms with E-state index in [1.165, 1.54) is 18.2 Å². The van der Waals surface area contributed by atoms with Crippen molar-refractivity contribution in [1.82, 2.24) is 0 Å². The highest BCUT2D eigenvalue weighted by molar-refractivity contribution is 5.56. The van der Waals surface area contributed by atoms with Gasteiger partial charge < -0.3 is 10.1 Å². The maximum Gasteiger partial charge on any atom is 0.573 e. The number of anilines is 1. The van der Waals surface area contributed by atoms with Crippen LogP contribution in [0.5, 0.6) is 5.75 Å². The van der Waals surface area contributed by atoms with Crippen LogP contribution in [0.15, 0.2) is 24.3 Å². The summed E-state index contributed by atoms with van der Waals surface area (Å²) in [4.78, 5) is 0. The predicted molar refractivity (Wildman–Crippen MR) is 47.2 cm³/mol. The summed E-state index contributed by atoms with van der Waals surface area (Å²) < 4.78 is 39.5. The van der Waals surface area contributed by atoms with Gasteiger partial charge in [-0.15, -0.1) is 13.2 Å². The van der Waals surface area contributed by atoms with E-state index in [9.17, 15) is 13.2 Å². The largest absolute Gasteiger partial charge is 0.573 e. The Balaban J connectivity index is 2.82. The fourth-order valence-corrected chi connectivity index (χ4v) is 0.961. The highest BCUT2D eigenvalue weighted by Crippen LogP contribution is 2.29. The Hall–Kier alpha value is -1.90. The molecule has 0 saturated carbocycles. The van der Waals surface area contributed by atoms with E-state index in [0.29, 0.717) is 0 Å². The third-order valence-corrected chi connectivity index (χ3v) is 1.47. The highest BCUT2D eigenvalue weighted by atomic mass is 19.4. The lowest BCUT2D eigenvalue weighted by atomic mass is 10.3. The number of nitriles is 1. The quantitative estimate of drug-likeness (QED) is 0.789. The van der Waals surface area contributed by atoms with Gasteiger partial charge in [0.2, 0.25) is 0 Å². The van der Waals surface area contributed by atoms with Gasteiger partial charge in [0.1, 0.15) is 6.54 Å². The average Bonchev–Trinajstić information content (AvgIpc) is 2.14. The first-order chi connectivity index (χ1) is 7.03. The average molecular weight is 216 g/mol. The molecule has 15 heavy (non-hydrogen) atoms. The second kappa shape index (κ2) is 4.55. The number of benzene rings is 1. The molecule has 0 bridgehead atoms. The number of nitrogens with zero attached hydrogens (tertiary/aromatic N) is 1. The summed E-state index contributed by atoms with van der Waals surface area (Å²) in [7, 11) is 0. The van der Waals surface area contributed by atoms with Crippen molar-refractivity contribution in [2.45, 2.75) is 6.36 Å². The summed E-state index contributed by atoms with van der Waals surface area (Å²) in [6, 6.07) is 7.29. The van der Waals surface area contributed by atoms with E-state index >= 15 is 0 Å². The van der Waals surface area contributed by atoms with Crippen LogP contribution in [0.1, 0.15) is 0 Å². The molecule has 0 aliphatic rings. The van der Waals surface area contributed by atoms with E-state index in [4.69, 9.17) is 5.26 Å². The van der Waals surface area contributed by atoms with E-state index in [1.54, 1.807) is 12.1 Å². The monoisotopic (exact) mass is 216 g/mol. The molecule has 1 aromatic rings. The van der Waals surface area contributed by atoms with Crippen molar-refractivity contribution >= 4 is 5.69 Å². The van der Waals surface area contributed by atoms with Gasteiger partial charge in [-0.25, -0.2) is 0 Å². The molecule has 3 nitrogen and oxygen atoms in total. The molecule has 0 fully saturated rings. The van der Waals surface area contributed by atoms with Gasteiger partial charge >= 0.3 is 6.36 Å². The van der Waals surface area contributed by atoms with Crippen LogP contribution in [-0.4, -0.2) is 12.9 Å². The zero-order valence-corrected chi connectivity index (χ0v) is 7.51. The van der Waals surface area contributed by atoms with Gasteiger partial charge in [0.05, 0.1) is 11.8 Å². The maximum atomic E-state index is 11.9. The number of halogens is 3. The van der Waals surface area contributed by atoms with Crippen LogP contribution in [0.4, 0.5) is 18.9 Å². The summed E-state index contributed by atoms with van der Waals surface area (Å²) in [6.45, 7) is -0.0851. The second-order valence-electron chi connectivity index (χ2n) is 2.56. The number of ether oxygens (including phenoxy) is 1. The molecule has 1 rings (SSSR count). The molecule has 0 unspecified atom stereocenters. The van der Waals surface area contributed by atoms with Crippen molar-refractivity contribution in [3.8, 4) is 11.8 Å². The van der Waals surface area contributed by atoms with Crippen LogP contribution < -0.4 is 10.1 Å². The van der Waals surface area contributed by atoms with Crippen LogP contribution in [0.2, 0.25) is 0 Å². The lowest BCUT2D eigenvalue weighted by Crippen LogP contribution is -2.18. The summed E-state index contributed by atoms with van der Waals surface area (Å²) in [6.07, 6.45) is -4.73. The van der Waals surface area contributed by atoms with Gasteiger partial charge in [-0.3, -0.25) is 0 Å². The van der Waals surface area contributed by atoms with Gasteiger partial charge in [0, 0.05) is 0 Å². The van der Waals surface area contributed by atoms with E-state index in [-0.39, 0.29) is 18.0 Å². The standard InChI is InChI=1S/C9H7F3N2O/c10-9(11,12)15-8-4-2-1-3-7(8)14-6-5-13/h1-4,14H,6H2. The van der Waals surface area contributed by atoms with E-state index in [2.05, 4.69) is 10.1 Å². The predicted octanol–water partition coefficient (Wildman–Crippen LogP) is 2.52. The van der Waals surface area contributed by atoms with Crippen LogP contribution >= 0.6 is 0 Å². The first-order valence-electron chi connectivity index (χ1n) is 3.98. The highest BCUT2D eigenvalue weighted by Gasteiger charge is 2.31. The molecule has 80 valence electrons. The van der Waals surface area contributed by atoms with E-state index in [1.807, 2.05) is 0 Å². The Morgan fingerprint density at radius 1 is 1.33 bits per heavy atom. The summed E-state index contributed by atoms with van der Waals surface area (Å²) in [5, 5.41) is 10.8. The van der Waals surface area contributed by atoms with Crippen molar-refractivity contribution in [1.29, 1.82) is 5.26 Å². The summed E-state index contributed by atoms with van der Waals surface area (Å²) >= 11 is 0. The third-order valence-electron chi connectivity index (χ3n) is 1.47. The fraction of sp³-hybridized carbons (Fsp3) is 0.222. The number of para-hydroxylation sites is 2. The van der Waals surface area contributed by atoms with Crippen molar-refractivity contribution in [2.75, 3.05) is 11.9 Å². The summed E-state index contributed by atoms with van der Waals surface area (Å²) in [5.41, 5.74) is 0.136. The third kappa shape index (κ3) is 3.77. The van der Waals surface area contributed by atoms with Gasteiger partial charge in [0.15, 0.2) is 5.75 Å². The van der Waals surface area contributed by atoms with Crippen LogP contribution in [0.3, 0.4) is 0 Å². The van der Waals surface area contributed by atoms with Crippen molar-refractivity contribution in [3.63, 3.8) is 0 Å². The SMILES string of the molecule is N#CCNc1ccccc1OC(F)(F)F. The van der Waals surface area contributed by atoms with Gasteiger partial charge in [0.25, 0.3) is 0 Å². The number of alkyl halides is 3. The molecule has 0 spiro atoms. The Morgan fingerprint density at radius 3 is 2.60 bits per heavy atom. The zero-order chi connectivity index (χ0) is 11.3. The minimum atomic E-state index is -4.73. The maximum absolute atomic E-state index is 11.9. The Labute approximate surface area is 84.1 Å². The number of hydrogen-bond donors (Lipinski definition) is 1. The lowest BCUT2D eigenvalue weighted by Gasteiger charge is -2.12. The van der Waals surface area contributed by atoms with E-state index < -0.39 is 6.36 Å². The van der Waals surface area contributed by atoms with Crippen molar-refractivity contribution in [2.24, 2.45) is 0 Å².